The molecule has 1 aromatic heterocycles. The summed E-state index contributed by atoms with van der Waals surface area (Å²) in [6.45, 7) is -0.910. The number of aromatic nitrogens is 1. The molecule has 190 valence electrons. The summed E-state index contributed by atoms with van der Waals surface area (Å²) in [6, 6.07) is 9.35. The number of carbonyl (C=O) groups is 2. The second-order valence-corrected chi connectivity index (χ2v) is 8.48. The minimum atomic E-state index is -3.00. The molecule has 1 aliphatic rings. The minimum absolute atomic E-state index is 0.00248. The van der Waals surface area contributed by atoms with Crippen LogP contribution >= 0.6 is 0 Å². The molecule has 1 aliphatic carbocycles. The van der Waals surface area contributed by atoms with Gasteiger partial charge >= 0.3 is 12.6 Å². The molecule has 9 nitrogen and oxygen atoms in total. The fourth-order valence-electron chi connectivity index (χ4n) is 3.44. The molecule has 11 heteroatoms. The monoisotopic (exact) mass is 501 g/mol. The van der Waals surface area contributed by atoms with E-state index in [2.05, 4.69) is 15.0 Å². The number of benzene rings is 2. The van der Waals surface area contributed by atoms with Gasteiger partial charge in [-0.2, -0.15) is 8.78 Å². The number of halogens is 2. The van der Waals surface area contributed by atoms with Crippen LogP contribution in [-0.2, 0) is 6.54 Å². The van der Waals surface area contributed by atoms with Crippen molar-refractivity contribution in [2.45, 2.75) is 39.0 Å². The molecule has 0 saturated heterocycles. The van der Waals surface area contributed by atoms with Crippen LogP contribution in [0.25, 0.3) is 11.5 Å². The van der Waals surface area contributed by atoms with Crippen molar-refractivity contribution in [3.63, 3.8) is 0 Å². The zero-order valence-electron chi connectivity index (χ0n) is 19.4. The van der Waals surface area contributed by atoms with Crippen molar-refractivity contribution in [2.24, 2.45) is 11.7 Å². The Morgan fingerprint density at radius 3 is 2.47 bits per heavy atom. The lowest BCUT2D eigenvalue weighted by molar-refractivity contribution is -0.0515. The Morgan fingerprint density at radius 1 is 1.17 bits per heavy atom. The van der Waals surface area contributed by atoms with Gasteiger partial charge in [0.25, 0.3) is 5.91 Å². The van der Waals surface area contributed by atoms with Gasteiger partial charge in [0, 0.05) is 11.1 Å². The molecular formula is C25H25F2N3O6. The van der Waals surface area contributed by atoms with Gasteiger partial charge in [0.2, 0.25) is 5.89 Å². The topological polar surface area (TPSA) is 137 Å². The second kappa shape index (κ2) is 10.7. The average molecular weight is 501 g/mol. The lowest BCUT2D eigenvalue weighted by Gasteiger charge is -2.12. The van der Waals surface area contributed by atoms with E-state index in [0.717, 1.165) is 12.8 Å². The van der Waals surface area contributed by atoms with E-state index in [1.807, 2.05) is 0 Å². The lowest BCUT2D eigenvalue weighted by atomic mass is 10.1. The van der Waals surface area contributed by atoms with Crippen molar-refractivity contribution >= 4 is 11.9 Å². The first kappa shape index (κ1) is 25.1. The van der Waals surface area contributed by atoms with E-state index in [-0.39, 0.29) is 35.1 Å². The van der Waals surface area contributed by atoms with Crippen LogP contribution in [0.2, 0.25) is 0 Å². The number of rotatable bonds is 11. The molecule has 1 amide bonds. The molecule has 4 N–H and O–H groups in total. The molecule has 36 heavy (non-hydrogen) atoms. The number of amides is 1. The number of nitrogens with one attached hydrogen (secondary N) is 1. The number of hydrogen-bond donors (Lipinski definition) is 3. The molecule has 1 saturated carbocycles. The first-order valence-electron chi connectivity index (χ1n) is 11.3. The third-order valence-electron chi connectivity index (χ3n) is 5.53. The lowest BCUT2D eigenvalue weighted by Crippen LogP contribution is -2.24. The van der Waals surface area contributed by atoms with Crippen LogP contribution in [0.15, 0.2) is 46.9 Å². The van der Waals surface area contributed by atoms with E-state index >= 15 is 0 Å². The highest BCUT2D eigenvalue weighted by Crippen LogP contribution is 2.37. The number of nitrogens with two attached hydrogens (primary N) is 1. The smallest absolute Gasteiger partial charge is 0.387 e. The number of carboxylic acids is 1. The predicted octanol–water partition coefficient (Wildman–Crippen LogP) is 4.38. The second-order valence-electron chi connectivity index (χ2n) is 8.48. The van der Waals surface area contributed by atoms with Gasteiger partial charge in [-0.3, -0.25) is 4.79 Å². The van der Waals surface area contributed by atoms with E-state index in [9.17, 15) is 18.4 Å². The van der Waals surface area contributed by atoms with Gasteiger partial charge in [-0.1, -0.05) is 0 Å². The van der Waals surface area contributed by atoms with Gasteiger partial charge < -0.3 is 30.0 Å². The fraction of sp³-hybridized carbons (Fsp3) is 0.320. The Kier molecular flexibility index (Phi) is 7.49. The zero-order chi connectivity index (χ0) is 25.8. The highest BCUT2D eigenvalue weighted by atomic mass is 19.3. The molecule has 3 aromatic rings. The summed E-state index contributed by atoms with van der Waals surface area (Å²) in [5.41, 5.74) is 7.23. The number of hydrogen-bond acceptors (Lipinski definition) is 7. The highest BCUT2D eigenvalue weighted by molar-refractivity contribution is 5.95. The summed E-state index contributed by atoms with van der Waals surface area (Å²) in [5, 5.41) is 11.7. The molecule has 1 atom stereocenters. The quantitative estimate of drug-likeness (QED) is 0.352. The third kappa shape index (κ3) is 6.16. The number of nitrogens with zero attached hydrogens (tertiary/aromatic N) is 1. The van der Waals surface area contributed by atoms with Crippen LogP contribution in [0, 0.1) is 5.92 Å². The van der Waals surface area contributed by atoms with Gasteiger partial charge in [0.1, 0.15) is 11.5 Å². The van der Waals surface area contributed by atoms with Crippen LogP contribution in [0.3, 0.4) is 0 Å². The first-order chi connectivity index (χ1) is 17.2. The molecule has 0 unspecified atom stereocenters. The van der Waals surface area contributed by atoms with Crippen LogP contribution < -0.4 is 20.5 Å². The fourth-order valence-corrected chi connectivity index (χ4v) is 3.44. The summed E-state index contributed by atoms with van der Waals surface area (Å²) >= 11 is 0. The molecule has 1 fully saturated rings. The Labute approximate surface area is 205 Å². The predicted molar refractivity (Wildman–Crippen MR) is 124 cm³/mol. The summed E-state index contributed by atoms with van der Waals surface area (Å²) < 4.78 is 41.8. The molecular weight excluding hydrogens is 476 g/mol. The maximum Gasteiger partial charge on any atom is 0.387 e. The highest BCUT2D eigenvalue weighted by Gasteiger charge is 2.24. The summed E-state index contributed by atoms with van der Waals surface area (Å²) in [5.74, 6) is -0.535. The van der Waals surface area contributed by atoms with E-state index in [4.69, 9.17) is 20.0 Å². The zero-order valence-corrected chi connectivity index (χ0v) is 19.4. The molecule has 0 spiro atoms. The number of ether oxygens (including phenoxy) is 2. The van der Waals surface area contributed by atoms with Crippen molar-refractivity contribution in [2.75, 3.05) is 6.61 Å². The normalized spacial score (nSPS) is 13.9. The van der Waals surface area contributed by atoms with Gasteiger partial charge in [-0.05, 0) is 68.1 Å². The van der Waals surface area contributed by atoms with E-state index < -0.39 is 24.5 Å². The van der Waals surface area contributed by atoms with E-state index in [0.29, 0.717) is 29.5 Å². The summed E-state index contributed by atoms with van der Waals surface area (Å²) in [4.78, 5) is 28.0. The Bertz CT molecular complexity index is 1240. The standard InChI is InChI=1S/C25H25F2N3O6/c1-13(28)21-18(11-29-22(31)15-4-6-16(7-5-15)24(32)33)30-23(36-21)17-8-9-19(35-25(26)27)20(10-17)34-12-14-2-3-14/h4-10,13-14,25H,2-3,11-12,28H2,1H3,(H,29,31)(H,32,33)/t13-/m0/s1. The summed E-state index contributed by atoms with van der Waals surface area (Å²) in [7, 11) is 0. The van der Waals surface area contributed by atoms with Crippen LogP contribution in [0.1, 0.15) is 58.0 Å². The van der Waals surface area contributed by atoms with Crippen molar-refractivity contribution < 1.29 is 37.4 Å². The molecule has 0 aliphatic heterocycles. The van der Waals surface area contributed by atoms with Gasteiger partial charge in [-0.15, -0.1) is 0 Å². The molecule has 2 aromatic carbocycles. The molecule has 0 radical (unpaired) electrons. The maximum absolute atomic E-state index is 12.8. The Balaban J connectivity index is 1.53. The van der Waals surface area contributed by atoms with Gasteiger partial charge in [0.15, 0.2) is 11.5 Å². The van der Waals surface area contributed by atoms with E-state index in [1.54, 1.807) is 6.92 Å². The molecule has 1 heterocycles. The van der Waals surface area contributed by atoms with Gasteiger partial charge in [-0.25, -0.2) is 9.78 Å². The largest absolute Gasteiger partial charge is 0.489 e. The minimum Gasteiger partial charge on any atom is -0.489 e. The van der Waals surface area contributed by atoms with Gasteiger partial charge in [0.05, 0.1) is 24.8 Å². The third-order valence-corrected chi connectivity index (χ3v) is 5.53. The van der Waals surface area contributed by atoms with Crippen LogP contribution in [0.5, 0.6) is 11.5 Å². The van der Waals surface area contributed by atoms with Crippen molar-refractivity contribution in [1.29, 1.82) is 0 Å². The van der Waals surface area contributed by atoms with Crippen molar-refractivity contribution in [1.82, 2.24) is 10.3 Å². The number of carbonyl (C=O) groups excluding carboxylic acids is 1. The van der Waals surface area contributed by atoms with Crippen molar-refractivity contribution in [3.8, 4) is 23.0 Å². The van der Waals surface area contributed by atoms with E-state index in [1.165, 1.54) is 42.5 Å². The number of aromatic carboxylic acids is 1. The molecule has 0 bridgehead atoms. The number of oxazole rings is 1. The SMILES string of the molecule is C[C@H](N)c1oc(-c2ccc(OC(F)F)c(OCC3CC3)c2)nc1CNC(=O)c1ccc(C(=O)O)cc1. The van der Waals surface area contributed by atoms with Crippen LogP contribution in [0.4, 0.5) is 8.78 Å². The number of carboxylic acid groups (broad SMARTS) is 1. The molecule has 4 rings (SSSR count). The van der Waals surface area contributed by atoms with Crippen LogP contribution in [-0.4, -0.2) is 35.2 Å². The number of alkyl halides is 2. The maximum atomic E-state index is 12.8. The average Bonchev–Trinajstić information content (AvgIpc) is 3.58. The Morgan fingerprint density at radius 2 is 1.86 bits per heavy atom. The Hall–Kier alpha value is -3.99. The first-order valence-corrected chi connectivity index (χ1v) is 11.3. The summed E-state index contributed by atoms with van der Waals surface area (Å²) in [6.07, 6.45) is 2.06. The van der Waals surface area contributed by atoms with Crippen molar-refractivity contribution in [3.05, 3.63) is 65.0 Å².